The minimum Gasteiger partial charge on any atom is -0.480 e. The summed E-state index contributed by atoms with van der Waals surface area (Å²) >= 11 is 0. The zero-order chi connectivity index (χ0) is 12.4. The Labute approximate surface area is 100 Å². The van der Waals surface area contributed by atoms with E-state index in [0.717, 1.165) is 0 Å². The fourth-order valence-electron chi connectivity index (χ4n) is 1.84. The van der Waals surface area contributed by atoms with Crippen LogP contribution in [0.1, 0.15) is 11.6 Å². The number of hydrogen-bond acceptors (Lipinski definition) is 3. The molecule has 0 aromatic heterocycles. The summed E-state index contributed by atoms with van der Waals surface area (Å²) in [5, 5.41) is 11.8. The Morgan fingerprint density at radius 1 is 1.47 bits per heavy atom. The van der Waals surface area contributed by atoms with E-state index in [1.807, 2.05) is 0 Å². The first-order chi connectivity index (χ1) is 8.06. The Hall–Kier alpha value is -1.27. The average Bonchev–Trinajstić information content (AvgIpc) is 2.28. The maximum atomic E-state index is 13.1. The molecule has 6 heteroatoms. The van der Waals surface area contributed by atoms with Crippen LogP contribution in [-0.2, 0) is 15.6 Å². The molecule has 1 aromatic rings. The molecule has 0 radical (unpaired) electrons. The number of carboxylic acids is 1. The number of hydrogen-bond donors (Lipinski definition) is 2. The van der Waals surface area contributed by atoms with E-state index in [1.165, 1.54) is 12.1 Å². The lowest BCUT2D eigenvalue weighted by Gasteiger charge is -2.28. The zero-order valence-corrected chi connectivity index (χ0v) is 9.74. The summed E-state index contributed by atoms with van der Waals surface area (Å²) in [6.45, 7) is 0. The fraction of sp³-hybridized carbons (Fsp3) is 0.364. The summed E-state index contributed by atoms with van der Waals surface area (Å²) in [6.07, 6.45) is 0. The van der Waals surface area contributed by atoms with Gasteiger partial charge in [0.25, 0.3) is 0 Å². The minimum atomic E-state index is -1.19. The molecule has 4 nitrogen and oxygen atoms in total. The molecule has 1 saturated heterocycles. The van der Waals surface area contributed by atoms with Crippen LogP contribution in [0.25, 0.3) is 0 Å². The summed E-state index contributed by atoms with van der Waals surface area (Å²) in [6, 6.07) is 4.69. The van der Waals surface area contributed by atoms with E-state index >= 15 is 0 Å². The van der Waals surface area contributed by atoms with Crippen LogP contribution in [0.5, 0.6) is 0 Å². The van der Waals surface area contributed by atoms with Crippen molar-refractivity contribution in [2.45, 2.75) is 12.1 Å². The van der Waals surface area contributed by atoms with Crippen molar-refractivity contribution in [1.82, 2.24) is 5.32 Å². The maximum absolute atomic E-state index is 13.1. The maximum Gasteiger partial charge on any atom is 0.321 e. The van der Waals surface area contributed by atoms with Crippen molar-refractivity contribution < 1.29 is 18.5 Å². The summed E-state index contributed by atoms with van der Waals surface area (Å²) < 4.78 is 24.6. The van der Waals surface area contributed by atoms with Crippen LogP contribution in [0.3, 0.4) is 0 Å². The van der Waals surface area contributed by atoms with Gasteiger partial charge in [0.1, 0.15) is 11.9 Å². The van der Waals surface area contributed by atoms with Crippen molar-refractivity contribution in [3.05, 3.63) is 35.6 Å². The minimum absolute atomic E-state index is 0.0984. The van der Waals surface area contributed by atoms with E-state index in [9.17, 15) is 13.4 Å². The molecule has 0 amide bonds. The van der Waals surface area contributed by atoms with Gasteiger partial charge in [-0.05, 0) is 17.7 Å². The van der Waals surface area contributed by atoms with Crippen LogP contribution in [-0.4, -0.2) is 32.8 Å². The first-order valence-electron chi connectivity index (χ1n) is 5.15. The second-order valence-electron chi connectivity index (χ2n) is 3.94. The van der Waals surface area contributed by atoms with E-state index < -0.39 is 22.8 Å². The van der Waals surface area contributed by atoms with Gasteiger partial charge in [-0.2, -0.15) is 0 Å². The highest BCUT2D eigenvalue weighted by Crippen LogP contribution is 2.20. The zero-order valence-electron chi connectivity index (χ0n) is 8.93. The molecular weight excluding hydrogens is 245 g/mol. The third kappa shape index (κ3) is 2.89. The number of carbonyl (C=O) groups is 1. The molecule has 0 bridgehead atoms. The van der Waals surface area contributed by atoms with Crippen molar-refractivity contribution in [3.63, 3.8) is 0 Å². The van der Waals surface area contributed by atoms with E-state index in [0.29, 0.717) is 11.3 Å². The molecular formula is C11H12FNO3S. The van der Waals surface area contributed by atoms with Gasteiger partial charge in [-0.1, -0.05) is 12.1 Å². The quantitative estimate of drug-likeness (QED) is 0.817. The molecule has 1 heterocycles. The number of halogens is 1. The standard InChI is InChI=1S/C11H12FNO3S/c12-8-3-1-2-7(4-8)9-5-17(16)6-10(13-9)11(14)15/h1-4,9-10,13H,5-6H2,(H,14,15). The smallest absolute Gasteiger partial charge is 0.321 e. The number of carboxylic acid groups (broad SMARTS) is 1. The van der Waals surface area contributed by atoms with Gasteiger partial charge >= 0.3 is 5.97 Å². The van der Waals surface area contributed by atoms with Gasteiger partial charge in [-0.3, -0.25) is 14.3 Å². The molecule has 3 unspecified atom stereocenters. The summed E-state index contributed by atoms with van der Waals surface area (Å²) in [7, 11) is -1.19. The number of benzene rings is 1. The molecule has 1 aliphatic heterocycles. The normalized spacial score (nSPS) is 28.9. The number of aliphatic carboxylic acids is 1. The van der Waals surface area contributed by atoms with E-state index in [2.05, 4.69) is 5.32 Å². The van der Waals surface area contributed by atoms with Crippen LogP contribution in [0.2, 0.25) is 0 Å². The predicted octanol–water partition coefficient (Wildman–Crippen LogP) is 0.672. The highest BCUT2D eigenvalue weighted by atomic mass is 32.2. The second kappa shape index (κ2) is 4.93. The second-order valence-corrected chi connectivity index (χ2v) is 5.48. The number of rotatable bonds is 2. The van der Waals surface area contributed by atoms with Crippen LogP contribution in [0.4, 0.5) is 4.39 Å². The molecule has 2 N–H and O–H groups in total. The molecule has 1 aliphatic rings. The topological polar surface area (TPSA) is 66.4 Å². The van der Waals surface area contributed by atoms with Crippen molar-refractivity contribution in [2.75, 3.05) is 11.5 Å². The van der Waals surface area contributed by atoms with Crippen molar-refractivity contribution >= 4 is 16.8 Å². The molecule has 92 valence electrons. The monoisotopic (exact) mass is 257 g/mol. The Bertz CT molecular complexity index is 466. The van der Waals surface area contributed by atoms with Crippen LogP contribution in [0.15, 0.2) is 24.3 Å². The van der Waals surface area contributed by atoms with Crippen molar-refractivity contribution in [2.24, 2.45) is 0 Å². The molecule has 2 rings (SSSR count). The summed E-state index contributed by atoms with van der Waals surface area (Å²) in [5.74, 6) is -0.999. The predicted molar refractivity (Wildman–Crippen MR) is 61.6 cm³/mol. The third-order valence-electron chi connectivity index (χ3n) is 2.66. The summed E-state index contributed by atoms with van der Waals surface area (Å²) in [4.78, 5) is 10.9. The molecule has 0 saturated carbocycles. The Kier molecular flexibility index (Phi) is 3.54. The lowest BCUT2D eigenvalue weighted by atomic mass is 10.1. The highest BCUT2D eigenvalue weighted by Gasteiger charge is 2.31. The van der Waals surface area contributed by atoms with Gasteiger partial charge in [0, 0.05) is 28.3 Å². The fourth-order valence-corrected chi connectivity index (χ4v) is 3.24. The lowest BCUT2D eigenvalue weighted by molar-refractivity contribution is -0.139. The van der Waals surface area contributed by atoms with Gasteiger partial charge in [0.15, 0.2) is 0 Å². The van der Waals surface area contributed by atoms with Crippen molar-refractivity contribution in [3.8, 4) is 0 Å². The Morgan fingerprint density at radius 2 is 2.24 bits per heavy atom. The van der Waals surface area contributed by atoms with Crippen molar-refractivity contribution in [1.29, 1.82) is 0 Å². The highest BCUT2D eigenvalue weighted by molar-refractivity contribution is 7.85. The molecule has 0 aliphatic carbocycles. The molecule has 17 heavy (non-hydrogen) atoms. The molecule has 3 atom stereocenters. The SMILES string of the molecule is O=C(O)C1CS(=O)CC(c2cccc(F)c2)N1. The average molecular weight is 257 g/mol. The first-order valence-corrected chi connectivity index (χ1v) is 6.64. The van der Waals surface area contributed by atoms with Crippen LogP contribution >= 0.6 is 0 Å². The van der Waals surface area contributed by atoms with Gasteiger partial charge in [-0.25, -0.2) is 4.39 Å². The van der Waals surface area contributed by atoms with E-state index in [4.69, 9.17) is 5.11 Å². The molecule has 1 aromatic carbocycles. The van der Waals surface area contributed by atoms with Gasteiger partial charge in [0.2, 0.25) is 0 Å². The largest absolute Gasteiger partial charge is 0.480 e. The molecule has 0 spiro atoms. The van der Waals surface area contributed by atoms with Gasteiger partial charge < -0.3 is 5.11 Å². The third-order valence-corrected chi connectivity index (χ3v) is 4.07. The van der Waals surface area contributed by atoms with Gasteiger partial charge in [0.05, 0.1) is 0 Å². The number of nitrogens with one attached hydrogen (secondary N) is 1. The summed E-state index contributed by atoms with van der Waals surface area (Å²) in [5.41, 5.74) is 0.629. The molecule has 1 fully saturated rings. The lowest BCUT2D eigenvalue weighted by Crippen LogP contribution is -2.49. The Balaban J connectivity index is 2.21. The van der Waals surface area contributed by atoms with Gasteiger partial charge in [-0.15, -0.1) is 0 Å². The first kappa shape index (κ1) is 12.2. The Morgan fingerprint density at radius 3 is 2.88 bits per heavy atom. The van der Waals surface area contributed by atoms with Crippen LogP contribution < -0.4 is 5.32 Å². The van der Waals surface area contributed by atoms with Crippen LogP contribution in [0, 0.1) is 5.82 Å². The van der Waals surface area contributed by atoms with E-state index in [1.54, 1.807) is 12.1 Å². The van der Waals surface area contributed by atoms with E-state index in [-0.39, 0.29) is 17.6 Å².